The highest BCUT2D eigenvalue weighted by molar-refractivity contribution is 7.17. The predicted octanol–water partition coefficient (Wildman–Crippen LogP) is 3.86. The lowest BCUT2D eigenvalue weighted by Crippen LogP contribution is -2.14. The molecule has 1 N–H and O–H groups in total. The van der Waals surface area contributed by atoms with Gasteiger partial charge in [-0.05, 0) is 41.5 Å². The third-order valence-electron chi connectivity index (χ3n) is 3.50. The van der Waals surface area contributed by atoms with Gasteiger partial charge in [0.25, 0.3) is 11.1 Å². The summed E-state index contributed by atoms with van der Waals surface area (Å²) in [5.41, 5.74) is 3.30. The van der Waals surface area contributed by atoms with Crippen molar-refractivity contribution in [1.29, 1.82) is 0 Å². The summed E-state index contributed by atoms with van der Waals surface area (Å²) in [6.07, 6.45) is 4.78. The molecule has 3 rings (SSSR count). The predicted molar refractivity (Wildman–Crippen MR) is 102 cm³/mol. The minimum atomic E-state index is -0.366. The molecule has 0 bridgehead atoms. The van der Waals surface area contributed by atoms with Gasteiger partial charge in [0.2, 0.25) is 5.13 Å². The molecule has 0 atom stereocenters. The number of halogens is 1. The van der Waals surface area contributed by atoms with Crippen molar-refractivity contribution < 1.29 is 9.53 Å². The van der Waals surface area contributed by atoms with Gasteiger partial charge >= 0.3 is 0 Å². The summed E-state index contributed by atoms with van der Waals surface area (Å²) in [4.78, 5) is 21.1. The monoisotopic (exact) mass is 387 g/mol. The van der Waals surface area contributed by atoms with E-state index in [9.17, 15) is 4.79 Å². The largest absolute Gasteiger partial charge is 0.472 e. The Hall–Kier alpha value is -2.84. The maximum Gasteiger partial charge on any atom is 0.295 e. The van der Waals surface area contributed by atoms with Crippen molar-refractivity contribution in [2.75, 3.05) is 12.4 Å². The van der Waals surface area contributed by atoms with Crippen molar-refractivity contribution in [1.82, 2.24) is 20.2 Å². The molecule has 1 amide bonds. The van der Waals surface area contributed by atoms with Crippen LogP contribution in [0.5, 0.6) is 5.19 Å². The molecule has 0 unspecified atom stereocenters. The second-order valence-corrected chi connectivity index (χ2v) is 6.53. The fourth-order valence-electron chi connectivity index (χ4n) is 2.31. The van der Waals surface area contributed by atoms with Gasteiger partial charge in [-0.3, -0.25) is 15.1 Å². The van der Waals surface area contributed by atoms with Crippen molar-refractivity contribution in [3.63, 3.8) is 0 Å². The summed E-state index contributed by atoms with van der Waals surface area (Å²) in [5.74, 6) is -0.366. The van der Waals surface area contributed by atoms with Crippen LogP contribution in [0.3, 0.4) is 0 Å². The van der Waals surface area contributed by atoms with Crippen LogP contribution in [0.1, 0.15) is 21.6 Å². The average molecular weight is 388 g/mol. The van der Waals surface area contributed by atoms with Gasteiger partial charge in [-0.15, -0.1) is 5.10 Å². The van der Waals surface area contributed by atoms with Crippen LogP contribution in [-0.2, 0) is 0 Å². The summed E-state index contributed by atoms with van der Waals surface area (Å²) >= 11 is 7.18. The molecule has 3 heterocycles. The number of nitrogens with zero attached hydrogens (tertiary/aromatic N) is 4. The van der Waals surface area contributed by atoms with Gasteiger partial charge in [0.15, 0.2) is 0 Å². The number of methoxy groups -OCH3 is 1. The fourth-order valence-corrected chi connectivity index (χ4v) is 3.02. The molecule has 0 saturated heterocycles. The van der Waals surface area contributed by atoms with Gasteiger partial charge in [0, 0.05) is 23.7 Å². The number of amides is 1. The van der Waals surface area contributed by atoms with Gasteiger partial charge in [0.05, 0.1) is 12.7 Å². The molecule has 0 aromatic carbocycles. The van der Waals surface area contributed by atoms with E-state index in [2.05, 4.69) is 32.1 Å². The molecule has 26 heavy (non-hydrogen) atoms. The van der Waals surface area contributed by atoms with E-state index >= 15 is 0 Å². The van der Waals surface area contributed by atoms with Gasteiger partial charge in [-0.2, -0.15) is 0 Å². The smallest absolute Gasteiger partial charge is 0.295 e. The van der Waals surface area contributed by atoms with Crippen molar-refractivity contribution in [2.24, 2.45) is 0 Å². The first-order valence-corrected chi connectivity index (χ1v) is 8.65. The molecule has 7 nitrogen and oxygen atoms in total. The Morgan fingerprint density at radius 1 is 1.27 bits per heavy atom. The third kappa shape index (κ3) is 3.71. The molecule has 3 aromatic heterocycles. The van der Waals surface area contributed by atoms with Crippen molar-refractivity contribution in [3.8, 4) is 16.3 Å². The fraction of sp³-hybridized carbons (Fsp3) is 0.118. The Morgan fingerprint density at radius 2 is 2.08 bits per heavy atom. The molecule has 132 valence electrons. The molecule has 0 radical (unpaired) electrons. The highest BCUT2D eigenvalue weighted by atomic mass is 35.5. The molecular weight excluding hydrogens is 374 g/mol. The molecule has 0 spiro atoms. The minimum Gasteiger partial charge on any atom is -0.472 e. The number of pyridine rings is 2. The van der Waals surface area contributed by atoms with E-state index in [-0.39, 0.29) is 5.91 Å². The van der Waals surface area contributed by atoms with E-state index in [0.29, 0.717) is 26.6 Å². The number of anilines is 1. The van der Waals surface area contributed by atoms with Crippen molar-refractivity contribution >= 4 is 40.1 Å². The number of carbonyl (C=O) groups excluding carboxylic acids is 1. The number of hydrogen-bond donors (Lipinski definition) is 1. The topological polar surface area (TPSA) is 89.9 Å². The maximum absolute atomic E-state index is 12.8. The van der Waals surface area contributed by atoms with E-state index in [1.54, 1.807) is 18.3 Å². The van der Waals surface area contributed by atoms with E-state index < -0.39 is 0 Å². The molecular formula is C17H14ClN5O2S. The highest BCUT2D eigenvalue weighted by Gasteiger charge is 2.18. The van der Waals surface area contributed by atoms with Gasteiger partial charge in [-0.1, -0.05) is 29.4 Å². The average Bonchev–Trinajstić information content (AvgIpc) is 3.09. The number of hydrogen-bond acceptors (Lipinski definition) is 7. The second-order valence-electron chi connectivity index (χ2n) is 5.20. The summed E-state index contributed by atoms with van der Waals surface area (Å²) in [6, 6.07) is 3.51. The molecule has 0 fully saturated rings. The van der Waals surface area contributed by atoms with Crippen molar-refractivity contribution in [2.45, 2.75) is 6.92 Å². The Labute approximate surface area is 158 Å². The van der Waals surface area contributed by atoms with Gasteiger partial charge < -0.3 is 4.74 Å². The zero-order valence-corrected chi connectivity index (χ0v) is 15.6. The first-order chi connectivity index (χ1) is 12.5. The standard InChI is InChI=1S/C17H14ClN5O2S/c1-4-10-7-20-14(18)6-11(10)12-5-9(2)19-8-13(12)15(24)21-16-22-23-17(25-3)26-16/h4-8H,1H2,2-3H3,(H,21,22,24). The highest BCUT2D eigenvalue weighted by Crippen LogP contribution is 2.31. The number of nitrogens with one attached hydrogen (secondary N) is 1. The van der Waals surface area contributed by atoms with E-state index in [0.717, 1.165) is 28.2 Å². The van der Waals surface area contributed by atoms with Crippen LogP contribution in [0.4, 0.5) is 5.13 Å². The van der Waals surface area contributed by atoms with E-state index in [4.69, 9.17) is 16.3 Å². The lowest BCUT2D eigenvalue weighted by molar-refractivity contribution is 0.102. The van der Waals surface area contributed by atoms with Gasteiger partial charge in [-0.25, -0.2) is 4.98 Å². The number of aryl methyl sites for hydroxylation is 1. The molecule has 0 aliphatic rings. The summed E-state index contributed by atoms with van der Waals surface area (Å²) in [7, 11) is 1.48. The summed E-state index contributed by atoms with van der Waals surface area (Å²) in [6.45, 7) is 5.64. The van der Waals surface area contributed by atoms with Crippen LogP contribution in [0, 0.1) is 6.92 Å². The van der Waals surface area contributed by atoms with E-state index in [1.165, 1.54) is 13.3 Å². The van der Waals surface area contributed by atoms with Crippen LogP contribution in [0.2, 0.25) is 5.15 Å². The molecule has 0 saturated carbocycles. The zero-order valence-electron chi connectivity index (χ0n) is 14.0. The molecule has 9 heteroatoms. The Kier molecular flexibility index (Phi) is 5.24. The first-order valence-electron chi connectivity index (χ1n) is 7.45. The number of carbonyl (C=O) groups is 1. The normalized spacial score (nSPS) is 10.4. The van der Waals surface area contributed by atoms with Crippen molar-refractivity contribution in [3.05, 3.63) is 53.1 Å². The quantitative estimate of drug-likeness (QED) is 0.668. The lowest BCUT2D eigenvalue weighted by Gasteiger charge is -2.12. The molecule has 0 aliphatic heterocycles. The zero-order chi connectivity index (χ0) is 18.7. The Balaban J connectivity index is 2.05. The number of ether oxygens (including phenoxy) is 1. The van der Waals surface area contributed by atoms with Crippen LogP contribution < -0.4 is 10.1 Å². The van der Waals surface area contributed by atoms with Crippen LogP contribution in [-0.4, -0.2) is 33.2 Å². The maximum atomic E-state index is 12.8. The SMILES string of the molecule is C=Cc1cnc(Cl)cc1-c1cc(C)ncc1C(=O)Nc1nnc(OC)s1. The molecule has 3 aromatic rings. The van der Waals surface area contributed by atoms with Crippen LogP contribution in [0.25, 0.3) is 17.2 Å². The summed E-state index contributed by atoms with van der Waals surface area (Å²) in [5, 5.41) is 11.4. The number of aromatic nitrogens is 4. The number of rotatable bonds is 5. The lowest BCUT2D eigenvalue weighted by atomic mass is 9.97. The Morgan fingerprint density at radius 3 is 2.77 bits per heavy atom. The van der Waals surface area contributed by atoms with E-state index in [1.807, 2.05) is 13.0 Å². The Bertz CT molecular complexity index is 989. The third-order valence-corrected chi connectivity index (χ3v) is 4.51. The summed E-state index contributed by atoms with van der Waals surface area (Å²) < 4.78 is 4.98. The first kappa shape index (κ1) is 18.0. The second kappa shape index (κ2) is 7.59. The van der Waals surface area contributed by atoms with Crippen LogP contribution >= 0.6 is 22.9 Å². The van der Waals surface area contributed by atoms with Crippen LogP contribution in [0.15, 0.2) is 31.1 Å². The van der Waals surface area contributed by atoms with Gasteiger partial charge in [0.1, 0.15) is 5.15 Å². The molecule has 0 aliphatic carbocycles. The minimum absolute atomic E-state index is 0.320.